The van der Waals surface area contributed by atoms with E-state index in [9.17, 15) is 14.4 Å². The number of piperazine rings is 1. The summed E-state index contributed by atoms with van der Waals surface area (Å²) in [5.74, 6) is -0.505. The molecule has 2 aliphatic rings. The average Bonchev–Trinajstić information content (AvgIpc) is 3.61. The maximum absolute atomic E-state index is 13.6. The van der Waals surface area contributed by atoms with Crippen molar-refractivity contribution >= 4 is 29.3 Å². The third-order valence-electron chi connectivity index (χ3n) is 8.20. The van der Waals surface area contributed by atoms with E-state index in [4.69, 9.17) is 9.47 Å². The number of likely N-dealkylation sites (N-methyl/N-ethyl adjacent to an activating group) is 1. The molecular formula is C33H41N5O5. The van der Waals surface area contributed by atoms with Crippen LogP contribution in [0.1, 0.15) is 59.5 Å². The number of nitrogens with one attached hydrogen (secondary N) is 1. The minimum Gasteiger partial charge on any atom is -0.449 e. The highest BCUT2D eigenvalue weighted by Crippen LogP contribution is 2.34. The van der Waals surface area contributed by atoms with Crippen molar-refractivity contribution in [1.29, 1.82) is 0 Å². The zero-order valence-corrected chi connectivity index (χ0v) is 25.3. The van der Waals surface area contributed by atoms with E-state index in [1.54, 1.807) is 11.1 Å². The van der Waals surface area contributed by atoms with Crippen LogP contribution in [0.25, 0.3) is 0 Å². The van der Waals surface area contributed by atoms with Gasteiger partial charge in [-0.25, -0.2) is 4.79 Å². The van der Waals surface area contributed by atoms with E-state index in [0.717, 1.165) is 56.7 Å². The lowest BCUT2D eigenvalue weighted by Crippen LogP contribution is -2.44. The van der Waals surface area contributed by atoms with Gasteiger partial charge in [-0.15, -0.1) is 0 Å². The molecule has 10 nitrogen and oxygen atoms in total. The predicted molar refractivity (Wildman–Crippen MR) is 165 cm³/mol. The Hall–Kier alpha value is -4.15. The van der Waals surface area contributed by atoms with Crippen LogP contribution >= 0.6 is 0 Å². The molecule has 10 heteroatoms. The number of methoxy groups -OCH3 is 1. The fraction of sp³-hybridized carbons (Fsp3) is 0.424. The van der Waals surface area contributed by atoms with Crippen molar-refractivity contribution in [1.82, 2.24) is 14.4 Å². The molecule has 3 aromatic rings. The number of anilines is 2. The van der Waals surface area contributed by atoms with Gasteiger partial charge in [-0.3, -0.25) is 14.2 Å². The van der Waals surface area contributed by atoms with E-state index in [1.165, 1.54) is 11.7 Å². The number of hydrogen-bond donors (Lipinski definition) is 1. The molecule has 0 aliphatic carbocycles. The van der Waals surface area contributed by atoms with Crippen LogP contribution < -0.4 is 10.2 Å². The van der Waals surface area contributed by atoms with Crippen LogP contribution in [0.15, 0.2) is 60.8 Å². The van der Waals surface area contributed by atoms with Crippen LogP contribution in [0.3, 0.4) is 0 Å². The Morgan fingerprint density at radius 2 is 1.65 bits per heavy atom. The van der Waals surface area contributed by atoms with Gasteiger partial charge in [-0.2, -0.15) is 0 Å². The number of rotatable bonds is 10. The van der Waals surface area contributed by atoms with Gasteiger partial charge in [0.1, 0.15) is 0 Å². The van der Waals surface area contributed by atoms with E-state index in [1.807, 2.05) is 54.6 Å². The number of aromatic nitrogens is 1. The van der Waals surface area contributed by atoms with Gasteiger partial charge in [0.05, 0.1) is 31.1 Å². The second-order valence-electron chi connectivity index (χ2n) is 11.2. The van der Waals surface area contributed by atoms with Crippen LogP contribution in [-0.4, -0.2) is 79.2 Å². The molecule has 2 aromatic carbocycles. The monoisotopic (exact) mass is 587 g/mol. The Morgan fingerprint density at radius 1 is 0.930 bits per heavy atom. The summed E-state index contributed by atoms with van der Waals surface area (Å²) in [6.45, 7) is 6.71. The molecule has 2 amide bonds. The molecule has 1 fully saturated rings. The number of hydrogen-bond acceptors (Lipinski definition) is 7. The van der Waals surface area contributed by atoms with Gasteiger partial charge in [-0.05, 0) is 43.3 Å². The minimum atomic E-state index is -0.781. The maximum atomic E-state index is 13.6. The molecule has 3 heterocycles. The highest BCUT2D eigenvalue weighted by atomic mass is 16.5. The maximum Gasteiger partial charge on any atom is 0.418 e. The second-order valence-corrected chi connectivity index (χ2v) is 11.2. The molecule has 0 spiro atoms. The largest absolute Gasteiger partial charge is 0.449 e. The summed E-state index contributed by atoms with van der Waals surface area (Å²) in [6, 6.07) is 16.9. The van der Waals surface area contributed by atoms with Crippen molar-refractivity contribution in [2.24, 2.45) is 0 Å². The van der Waals surface area contributed by atoms with Gasteiger partial charge >= 0.3 is 6.09 Å². The van der Waals surface area contributed by atoms with Gasteiger partial charge in [-0.1, -0.05) is 50.1 Å². The molecule has 1 N–H and O–H groups in total. The molecule has 228 valence electrons. The molecule has 1 atom stereocenters. The molecule has 0 bridgehead atoms. The summed E-state index contributed by atoms with van der Waals surface area (Å²) in [7, 11) is 3.63. The molecule has 1 saturated heterocycles. The first kappa shape index (κ1) is 30.3. The Morgan fingerprint density at radius 3 is 2.33 bits per heavy atom. The average molecular weight is 588 g/mol. The summed E-state index contributed by atoms with van der Waals surface area (Å²) in [4.78, 5) is 46.3. The first-order valence-electron chi connectivity index (χ1n) is 15.0. The number of fused-ring (bicyclic) bond motifs is 1. The smallest absolute Gasteiger partial charge is 0.418 e. The number of unbranched alkanes of at least 4 members (excludes halogenated alkanes) is 2. The highest BCUT2D eigenvalue weighted by Gasteiger charge is 2.35. The quantitative estimate of drug-likeness (QED) is 0.337. The van der Waals surface area contributed by atoms with E-state index in [2.05, 4.69) is 29.1 Å². The summed E-state index contributed by atoms with van der Waals surface area (Å²) in [5, 5.41) is 2.99. The third kappa shape index (κ3) is 6.92. The Bertz CT molecular complexity index is 1410. The standard InChI is InChI=1S/C33H41N5O5/c1-4-5-9-20-43-33(41)38-22-28(34-31(39)25-12-14-26(15-13-25)36-18-16-35(2)17-19-36)27-21-37(23-29(27)38)32(40)30(42-3)24-10-7-6-8-11-24/h6-8,10-15,22,30H,4-5,9,16-21,23H2,1-3H3,(H,34,39)/t30-/m1/s1. The second kappa shape index (κ2) is 13.9. The fourth-order valence-electron chi connectivity index (χ4n) is 5.62. The van der Waals surface area contributed by atoms with Crippen molar-refractivity contribution in [2.75, 3.05) is 57.2 Å². The zero-order valence-electron chi connectivity index (χ0n) is 25.3. The summed E-state index contributed by atoms with van der Waals surface area (Å²) in [6.07, 6.45) is 3.06. The van der Waals surface area contributed by atoms with Crippen molar-refractivity contribution in [3.8, 4) is 0 Å². The lowest BCUT2D eigenvalue weighted by atomic mass is 10.1. The molecule has 0 unspecified atom stereocenters. The number of carbonyl (C=O) groups is 3. The molecule has 0 radical (unpaired) electrons. The Labute approximate surface area is 253 Å². The normalized spacial score (nSPS) is 15.7. The van der Waals surface area contributed by atoms with E-state index in [-0.39, 0.29) is 24.9 Å². The minimum absolute atomic E-state index is 0.195. The number of ether oxygens (including phenoxy) is 2. The summed E-state index contributed by atoms with van der Waals surface area (Å²) in [5.41, 5.74) is 4.16. The zero-order chi connectivity index (χ0) is 30.3. The lowest BCUT2D eigenvalue weighted by Gasteiger charge is -2.34. The third-order valence-corrected chi connectivity index (χ3v) is 8.20. The van der Waals surface area contributed by atoms with Crippen LogP contribution in [0, 0.1) is 0 Å². The molecule has 1 aromatic heterocycles. The first-order chi connectivity index (χ1) is 20.9. The van der Waals surface area contributed by atoms with Crippen LogP contribution in [-0.2, 0) is 27.4 Å². The Balaban J connectivity index is 1.34. The lowest BCUT2D eigenvalue weighted by molar-refractivity contribution is -0.143. The SMILES string of the molecule is CCCCCOC(=O)n1cc(NC(=O)c2ccc(N3CCN(C)CC3)cc2)c2c1CN(C(=O)[C@H](OC)c1ccccc1)C2. The van der Waals surface area contributed by atoms with E-state index >= 15 is 0 Å². The van der Waals surface area contributed by atoms with Gasteiger partial charge < -0.3 is 29.5 Å². The molecule has 5 rings (SSSR count). The fourth-order valence-corrected chi connectivity index (χ4v) is 5.62. The number of amides is 2. The molecular weight excluding hydrogens is 546 g/mol. The predicted octanol–water partition coefficient (Wildman–Crippen LogP) is 4.90. The van der Waals surface area contributed by atoms with Crippen molar-refractivity contribution < 1.29 is 23.9 Å². The molecule has 2 aliphatic heterocycles. The van der Waals surface area contributed by atoms with Crippen LogP contribution in [0.4, 0.5) is 16.2 Å². The van der Waals surface area contributed by atoms with Crippen molar-refractivity contribution in [2.45, 2.75) is 45.4 Å². The van der Waals surface area contributed by atoms with Crippen LogP contribution in [0.2, 0.25) is 0 Å². The first-order valence-corrected chi connectivity index (χ1v) is 15.0. The van der Waals surface area contributed by atoms with Crippen molar-refractivity contribution in [3.05, 3.63) is 83.2 Å². The highest BCUT2D eigenvalue weighted by molar-refractivity contribution is 6.05. The van der Waals surface area contributed by atoms with Gasteiger partial charge in [0, 0.05) is 56.3 Å². The van der Waals surface area contributed by atoms with E-state index < -0.39 is 12.2 Å². The number of nitrogens with zero attached hydrogens (tertiary/aromatic N) is 4. The van der Waals surface area contributed by atoms with Crippen molar-refractivity contribution in [3.63, 3.8) is 0 Å². The Kier molecular flexibility index (Phi) is 9.79. The van der Waals surface area contributed by atoms with Gasteiger partial charge in [0.25, 0.3) is 11.8 Å². The molecule has 43 heavy (non-hydrogen) atoms. The van der Waals surface area contributed by atoms with Gasteiger partial charge in [0.2, 0.25) is 0 Å². The van der Waals surface area contributed by atoms with E-state index in [0.29, 0.717) is 29.1 Å². The topological polar surface area (TPSA) is 96.4 Å². The molecule has 0 saturated carbocycles. The van der Waals surface area contributed by atoms with Crippen LogP contribution in [0.5, 0.6) is 0 Å². The number of carbonyl (C=O) groups excluding carboxylic acids is 3. The van der Waals surface area contributed by atoms with Gasteiger partial charge in [0.15, 0.2) is 6.10 Å². The number of benzene rings is 2. The summed E-state index contributed by atoms with van der Waals surface area (Å²) >= 11 is 0. The summed E-state index contributed by atoms with van der Waals surface area (Å²) < 4.78 is 12.6.